The summed E-state index contributed by atoms with van der Waals surface area (Å²) in [5.41, 5.74) is 1.04. The molecule has 4 rings (SSSR count). The lowest BCUT2D eigenvalue weighted by molar-refractivity contribution is 0.0943. The van der Waals surface area contributed by atoms with Crippen LogP contribution >= 0.6 is 0 Å². The van der Waals surface area contributed by atoms with Gasteiger partial charge in [0, 0.05) is 11.4 Å². The molecule has 6 heteroatoms. The number of benzene rings is 1. The first-order valence-corrected chi connectivity index (χ1v) is 8.20. The van der Waals surface area contributed by atoms with Gasteiger partial charge in [-0.05, 0) is 44.0 Å². The van der Waals surface area contributed by atoms with Crippen LogP contribution < -0.4 is 10.9 Å². The van der Waals surface area contributed by atoms with Crippen molar-refractivity contribution in [2.24, 2.45) is 0 Å². The second-order valence-electron chi connectivity index (χ2n) is 6.46. The number of para-hydroxylation sites is 1. The van der Waals surface area contributed by atoms with Crippen molar-refractivity contribution in [3.63, 3.8) is 0 Å². The molecule has 1 atom stereocenters. The van der Waals surface area contributed by atoms with E-state index in [9.17, 15) is 14.7 Å². The number of hydrogen-bond donors (Lipinski definition) is 2. The molecule has 2 N–H and O–H groups in total. The van der Waals surface area contributed by atoms with E-state index in [-0.39, 0.29) is 23.9 Å². The van der Waals surface area contributed by atoms with Crippen LogP contribution in [0.5, 0.6) is 5.75 Å². The van der Waals surface area contributed by atoms with Crippen LogP contribution in [0, 0.1) is 6.92 Å². The average Bonchev–Trinajstić information content (AvgIpc) is 3.14. The number of carbonyl (C=O) groups is 1. The summed E-state index contributed by atoms with van der Waals surface area (Å²) in [5.74, 6) is 0.464. The van der Waals surface area contributed by atoms with Crippen molar-refractivity contribution in [1.29, 1.82) is 0 Å². The number of carbonyl (C=O) groups excluding carboxylic acids is 1. The molecule has 3 aromatic rings. The summed E-state index contributed by atoms with van der Waals surface area (Å²) in [6, 6.07) is 9.02. The maximum atomic E-state index is 12.9. The first kappa shape index (κ1) is 15.5. The highest BCUT2D eigenvalue weighted by molar-refractivity contribution is 6.03. The Morgan fingerprint density at radius 3 is 2.88 bits per heavy atom. The number of aromatic hydroxyl groups is 1. The number of nitrogens with zero attached hydrogens (tertiary/aromatic N) is 1. The number of hydrogen-bond acceptors (Lipinski definition) is 4. The van der Waals surface area contributed by atoms with Gasteiger partial charge >= 0.3 is 0 Å². The van der Waals surface area contributed by atoms with Gasteiger partial charge in [-0.1, -0.05) is 12.1 Å². The molecule has 1 aromatic carbocycles. The fourth-order valence-electron chi connectivity index (χ4n) is 3.56. The zero-order valence-corrected chi connectivity index (χ0v) is 14.0. The van der Waals surface area contributed by atoms with Crippen LogP contribution in [0.4, 0.5) is 0 Å². The zero-order chi connectivity index (χ0) is 17.7. The molecule has 0 radical (unpaired) electrons. The Morgan fingerprint density at radius 2 is 2.16 bits per heavy atom. The summed E-state index contributed by atoms with van der Waals surface area (Å²) in [5, 5.41) is 13.7. The molecule has 1 amide bonds. The molecule has 0 bridgehead atoms. The molecule has 0 saturated heterocycles. The van der Waals surface area contributed by atoms with Crippen molar-refractivity contribution in [2.75, 3.05) is 0 Å². The molecule has 0 saturated carbocycles. The molecule has 128 valence electrons. The van der Waals surface area contributed by atoms with Gasteiger partial charge in [-0.15, -0.1) is 0 Å². The number of aryl methyl sites for hydroxylation is 1. The third-order valence-corrected chi connectivity index (χ3v) is 4.69. The van der Waals surface area contributed by atoms with Crippen molar-refractivity contribution in [1.82, 2.24) is 9.88 Å². The summed E-state index contributed by atoms with van der Waals surface area (Å²) in [6.45, 7) is 3.90. The second kappa shape index (κ2) is 5.51. The minimum absolute atomic E-state index is 0.0488. The maximum Gasteiger partial charge on any atom is 0.267 e. The van der Waals surface area contributed by atoms with Gasteiger partial charge in [0.25, 0.3) is 11.5 Å². The van der Waals surface area contributed by atoms with E-state index in [0.29, 0.717) is 17.6 Å². The Bertz CT molecular complexity index is 1060. The van der Waals surface area contributed by atoms with Crippen LogP contribution in [-0.4, -0.2) is 15.6 Å². The van der Waals surface area contributed by atoms with Crippen molar-refractivity contribution >= 4 is 16.8 Å². The number of amides is 1. The summed E-state index contributed by atoms with van der Waals surface area (Å²) < 4.78 is 7.02. The van der Waals surface area contributed by atoms with Gasteiger partial charge in [-0.3, -0.25) is 9.59 Å². The van der Waals surface area contributed by atoms with E-state index in [0.717, 1.165) is 16.8 Å². The lowest BCUT2D eigenvalue weighted by Crippen LogP contribution is -2.33. The first-order chi connectivity index (χ1) is 12.0. The largest absolute Gasteiger partial charge is 0.506 e. The van der Waals surface area contributed by atoms with Crippen molar-refractivity contribution < 1.29 is 14.3 Å². The van der Waals surface area contributed by atoms with Crippen LogP contribution in [-0.2, 0) is 13.0 Å². The summed E-state index contributed by atoms with van der Waals surface area (Å²) in [7, 11) is 0. The highest BCUT2D eigenvalue weighted by atomic mass is 16.3. The molecule has 1 aliphatic rings. The molecule has 6 nitrogen and oxygen atoms in total. The van der Waals surface area contributed by atoms with E-state index >= 15 is 0 Å². The second-order valence-corrected chi connectivity index (χ2v) is 6.46. The average molecular weight is 338 g/mol. The monoisotopic (exact) mass is 338 g/mol. The van der Waals surface area contributed by atoms with Gasteiger partial charge in [0.2, 0.25) is 0 Å². The normalized spacial score (nSPS) is 15.7. The molecule has 0 unspecified atom stereocenters. The minimum atomic E-state index is -0.605. The van der Waals surface area contributed by atoms with Crippen LogP contribution in [0.25, 0.3) is 10.9 Å². The van der Waals surface area contributed by atoms with E-state index in [1.165, 1.54) is 0 Å². The van der Waals surface area contributed by atoms with Crippen LogP contribution in [0.2, 0.25) is 0 Å². The van der Waals surface area contributed by atoms with Crippen molar-refractivity contribution in [2.45, 2.75) is 32.9 Å². The zero-order valence-electron chi connectivity index (χ0n) is 14.0. The van der Waals surface area contributed by atoms with Gasteiger partial charge in [-0.2, -0.15) is 0 Å². The van der Waals surface area contributed by atoms with E-state index in [4.69, 9.17) is 4.42 Å². The lowest BCUT2D eigenvalue weighted by Gasteiger charge is -2.13. The van der Waals surface area contributed by atoms with Crippen LogP contribution in [0.15, 0.2) is 39.5 Å². The van der Waals surface area contributed by atoms with Crippen LogP contribution in [0.1, 0.15) is 40.4 Å². The predicted octanol–water partition coefficient (Wildman–Crippen LogP) is 2.66. The van der Waals surface area contributed by atoms with E-state index in [1.54, 1.807) is 22.8 Å². The summed E-state index contributed by atoms with van der Waals surface area (Å²) >= 11 is 0. The molecule has 0 fully saturated rings. The van der Waals surface area contributed by atoms with E-state index in [1.807, 2.05) is 26.0 Å². The van der Waals surface area contributed by atoms with Gasteiger partial charge < -0.3 is 19.4 Å². The molecule has 1 aliphatic heterocycles. The van der Waals surface area contributed by atoms with Gasteiger partial charge in [0.05, 0.1) is 12.1 Å². The maximum absolute atomic E-state index is 12.9. The number of furan rings is 1. The molecular formula is C19H18N2O4. The molecular weight excluding hydrogens is 320 g/mol. The van der Waals surface area contributed by atoms with Crippen molar-refractivity contribution in [3.8, 4) is 5.75 Å². The van der Waals surface area contributed by atoms with E-state index in [2.05, 4.69) is 5.32 Å². The number of aromatic nitrogens is 1. The lowest BCUT2D eigenvalue weighted by atomic mass is 10.1. The third kappa shape index (κ3) is 2.33. The highest BCUT2D eigenvalue weighted by Crippen LogP contribution is 2.35. The molecule has 3 heterocycles. The van der Waals surface area contributed by atoms with Gasteiger partial charge in [-0.25, -0.2) is 0 Å². The Kier molecular flexibility index (Phi) is 3.42. The summed E-state index contributed by atoms with van der Waals surface area (Å²) in [4.78, 5) is 25.4. The number of nitrogens with one attached hydrogen (secondary N) is 1. The number of rotatable bonds is 3. The fraction of sp³-hybridized carbons (Fsp3) is 0.263. The third-order valence-electron chi connectivity index (χ3n) is 4.69. The Balaban J connectivity index is 1.78. The van der Waals surface area contributed by atoms with Gasteiger partial charge in [0.1, 0.15) is 22.8 Å². The predicted molar refractivity (Wildman–Crippen MR) is 92.9 cm³/mol. The van der Waals surface area contributed by atoms with Crippen LogP contribution in [0.3, 0.4) is 0 Å². The number of pyridine rings is 1. The smallest absolute Gasteiger partial charge is 0.267 e. The quantitative estimate of drug-likeness (QED) is 0.769. The molecule has 0 aliphatic carbocycles. The fourth-order valence-corrected chi connectivity index (χ4v) is 3.56. The topological polar surface area (TPSA) is 84.5 Å². The van der Waals surface area contributed by atoms with Gasteiger partial charge in [0.15, 0.2) is 0 Å². The first-order valence-electron chi connectivity index (χ1n) is 8.20. The molecule has 25 heavy (non-hydrogen) atoms. The van der Waals surface area contributed by atoms with E-state index < -0.39 is 11.5 Å². The standard InChI is InChI=1S/C19H18N2O4/c1-10-8-12-4-3-5-14-16(12)21(10)19(24)15(17(14)22)18(23)20-9-13-7-6-11(2)25-13/h3-7,10,22H,8-9H2,1-2H3,(H,20,23)/t10-/m0/s1. The Morgan fingerprint density at radius 1 is 1.36 bits per heavy atom. The van der Waals surface area contributed by atoms with Crippen molar-refractivity contribution in [3.05, 3.63) is 63.3 Å². The molecule has 0 spiro atoms. The minimum Gasteiger partial charge on any atom is -0.506 e. The highest BCUT2D eigenvalue weighted by Gasteiger charge is 2.29. The molecule has 2 aromatic heterocycles. The Hall–Kier alpha value is -3.02. The SMILES string of the molecule is Cc1ccc(CNC(=O)c2c(O)c3cccc4c3n(c2=O)[C@@H](C)C4)o1. The summed E-state index contributed by atoms with van der Waals surface area (Å²) in [6.07, 6.45) is 0.711. The Labute approximate surface area is 143 Å².